The van der Waals surface area contributed by atoms with E-state index in [0.29, 0.717) is 31.9 Å². The second kappa shape index (κ2) is 7.52. The Morgan fingerprint density at radius 2 is 1.77 bits per heavy atom. The molecule has 4 bridgehead atoms. The van der Waals surface area contributed by atoms with Gasteiger partial charge in [0.25, 0.3) is 11.6 Å². The van der Waals surface area contributed by atoms with Crippen molar-refractivity contribution < 1.29 is 14.5 Å². The van der Waals surface area contributed by atoms with Crippen molar-refractivity contribution >= 4 is 17.3 Å². The summed E-state index contributed by atoms with van der Waals surface area (Å²) in [7, 11) is 0. The van der Waals surface area contributed by atoms with Crippen molar-refractivity contribution in [3.05, 3.63) is 33.9 Å². The third-order valence-corrected chi connectivity index (χ3v) is 8.14. The van der Waals surface area contributed by atoms with E-state index in [-0.39, 0.29) is 23.1 Å². The van der Waals surface area contributed by atoms with E-state index in [1.807, 2.05) is 0 Å². The van der Waals surface area contributed by atoms with Crippen molar-refractivity contribution in [1.82, 2.24) is 5.32 Å². The molecule has 4 aliphatic carbocycles. The highest BCUT2D eigenvalue weighted by molar-refractivity contribution is 6.00. The Balaban J connectivity index is 1.39. The molecule has 1 heterocycles. The minimum atomic E-state index is -0.428. The number of carbonyl (C=O) groups excluding carboxylic acids is 1. The van der Waals surface area contributed by atoms with Gasteiger partial charge < -0.3 is 15.0 Å². The van der Waals surface area contributed by atoms with Crippen molar-refractivity contribution in [1.29, 1.82) is 0 Å². The van der Waals surface area contributed by atoms with Crippen molar-refractivity contribution in [3.8, 4) is 0 Å². The molecule has 0 spiro atoms. The minimum absolute atomic E-state index is 0.0420. The van der Waals surface area contributed by atoms with E-state index in [0.717, 1.165) is 23.4 Å². The van der Waals surface area contributed by atoms with Crippen LogP contribution in [-0.2, 0) is 4.74 Å². The van der Waals surface area contributed by atoms with E-state index in [2.05, 4.69) is 17.1 Å². The lowest BCUT2D eigenvalue weighted by Crippen LogP contribution is -2.55. The number of nitrogens with zero attached hydrogens (tertiary/aromatic N) is 2. The fourth-order valence-electron chi connectivity index (χ4n) is 7.03. The number of carbonyl (C=O) groups is 1. The fraction of sp³-hybridized carbons (Fsp3) is 0.696. The van der Waals surface area contributed by atoms with Gasteiger partial charge in [-0.2, -0.15) is 0 Å². The number of hydrogen-bond donors (Lipinski definition) is 1. The zero-order valence-corrected chi connectivity index (χ0v) is 17.6. The Kier molecular flexibility index (Phi) is 4.96. The van der Waals surface area contributed by atoms with Crippen LogP contribution >= 0.6 is 0 Å². The lowest BCUT2D eigenvalue weighted by atomic mass is 9.48. The van der Waals surface area contributed by atoms with Gasteiger partial charge in [0.2, 0.25) is 0 Å². The summed E-state index contributed by atoms with van der Waals surface area (Å²) in [5.74, 6) is 2.26. The SMILES string of the molecule is C[C@H](NC(=O)c1cc([N+](=O)[O-])ccc1N1CCOCC1)C12CC3CC(CC(C3)C1)C2. The topological polar surface area (TPSA) is 84.7 Å². The van der Waals surface area contributed by atoms with Gasteiger partial charge in [0.1, 0.15) is 0 Å². The largest absolute Gasteiger partial charge is 0.378 e. The minimum Gasteiger partial charge on any atom is -0.378 e. The lowest BCUT2D eigenvalue weighted by Gasteiger charge is -2.59. The summed E-state index contributed by atoms with van der Waals surface area (Å²) in [6.45, 7) is 4.71. The molecule has 6 rings (SSSR count). The molecular formula is C23H31N3O4. The summed E-state index contributed by atoms with van der Waals surface area (Å²) in [5.41, 5.74) is 1.32. The summed E-state index contributed by atoms with van der Waals surface area (Å²) in [6.07, 6.45) is 7.74. The number of hydrogen-bond acceptors (Lipinski definition) is 5. The number of anilines is 1. The molecule has 1 aliphatic heterocycles. The standard InChI is InChI=1S/C23H31N3O4/c1-15(23-12-16-8-17(13-23)10-18(9-16)14-23)24-22(27)20-11-19(26(28)29)2-3-21(20)25-4-6-30-7-5-25/h2-3,11,15-18H,4-10,12-14H2,1H3,(H,24,27)/t15-,16?,17?,18?,23?/m0/s1. The normalized spacial score (nSPS) is 33.4. The van der Waals surface area contributed by atoms with E-state index in [9.17, 15) is 14.9 Å². The Bertz CT molecular complexity index is 814. The number of nitrogens with one attached hydrogen (secondary N) is 1. The van der Waals surface area contributed by atoms with Crippen LogP contribution in [0.4, 0.5) is 11.4 Å². The van der Waals surface area contributed by atoms with Crippen LogP contribution in [-0.4, -0.2) is 43.2 Å². The second-order valence-electron chi connectivity index (χ2n) is 10.0. The van der Waals surface area contributed by atoms with Gasteiger partial charge in [-0.1, -0.05) is 0 Å². The predicted molar refractivity (Wildman–Crippen MR) is 114 cm³/mol. The molecule has 1 aromatic carbocycles. The number of nitro groups is 1. The quantitative estimate of drug-likeness (QED) is 0.587. The molecule has 1 atom stereocenters. The number of rotatable bonds is 5. The molecule has 1 N–H and O–H groups in total. The monoisotopic (exact) mass is 413 g/mol. The Morgan fingerprint density at radius 1 is 1.17 bits per heavy atom. The predicted octanol–water partition coefficient (Wildman–Crippen LogP) is 3.77. The first-order valence-corrected chi connectivity index (χ1v) is 11.4. The van der Waals surface area contributed by atoms with E-state index >= 15 is 0 Å². The van der Waals surface area contributed by atoms with Crippen LogP contribution in [0.15, 0.2) is 18.2 Å². The smallest absolute Gasteiger partial charge is 0.270 e. The van der Waals surface area contributed by atoms with E-state index in [1.165, 1.54) is 50.7 Å². The van der Waals surface area contributed by atoms with E-state index < -0.39 is 4.92 Å². The Morgan fingerprint density at radius 3 is 2.33 bits per heavy atom. The number of amides is 1. The van der Waals surface area contributed by atoms with Gasteiger partial charge in [0, 0.05) is 31.3 Å². The van der Waals surface area contributed by atoms with Crippen LogP contribution in [0.2, 0.25) is 0 Å². The van der Waals surface area contributed by atoms with Crippen molar-refractivity contribution in [3.63, 3.8) is 0 Å². The lowest BCUT2D eigenvalue weighted by molar-refractivity contribution is -0.384. The maximum Gasteiger partial charge on any atom is 0.270 e. The molecule has 7 nitrogen and oxygen atoms in total. The first-order chi connectivity index (χ1) is 14.4. The summed E-state index contributed by atoms with van der Waals surface area (Å²) in [6, 6.07) is 4.72. The fourth-order valence-corrected chi connectivity index (χ4v) is 7.03. The second-order valence-corrected chi connectivity index (χ2v) is 10.0. The molecule has 5 fully saturated rings. The highest BCUT2D eigenvalue weighted by atomic mass is 16.6. The van der Waals surface area contributed by atoms with Crippen molar-refractivity contribution in [2.45, 2.75) is 51.5 Å². The number of ether oxygens (including phenoxy) is 1. The molecule has 1 saturated heterocycles. The number of morpholine rings is 1. The zero-order valence-electron chi connectivity index (χ0n) is 17.6. The van der Waals surface area contributed by atoms with Gasteiger partial charge in [-0.15, -0.1) is 0 Å². The van der Waals surface area contributed by atoms with Gasteiger partial charge in [-0.05, 0) is 74.7 Å². The van der Waals surface area contributed by atoms with E-state index in [1.54, 1.807) is 6.07 Å². The summed E-state index contributed by atoms with van der Waals surface area (Å²) in [4.78, 5) is 26.4. The van der Waals surface area contributed by atoms with Crippen molar-refractivity contribution in [2.75, 3.05) is 31.2 Å². The van der Waals surface area contributed by atoms with E-state index in [4.69, 9.17) is 4.74 Å². The van der Waals surface area contributed by atoms with Crippen LogP contribution in [0.25, 0.3) is 0 Å². The van der Waals surface area contributed by atoms with Crippen molar-refractivity contribution in [2.24, 2.45) is 23.2 Å². The molecule has 0 aromatic heterocycles. The summed E-state index contributed by atoms with van der Waals surface area (Å²) >= 11 is 0. The molecule has 5 aliphatic rings. The zero-order chi connectivity index (χ0) is 20.9. The third-order valence-electron chi connectivity index (χ3n) is 8.14. The summed E-state index contributed by atoms with van der Waals surface area (Å²) in [5, 5.41) is 14.6. The van der Waals surface area contributed by atoms with Crippen LogP contribution < -0.4 is 10.2 Å². The number of non-ortho nitro benzene ring substituents is 1. The average molecular weight is 414 g/mol. The summed E-state index contributed by atoms with van der Waals surface area (Å²) < 4.78 is 5.44. The van der Waals surface area contributed by atoms with Gasteiger partial charge >= 0.3 is 0 Å². The Hall–Kier alpha value is -2.15. The number of benzene rings is 1. The maximum atomic E-state index is 13.4. The highest BCUT2D eigenvalue weighted by Gasteiger charge is 2.53. The molecular weight excluding hydrogens is 382 g/mol. The van der Waals surface area contributed by atoms with Crippen LogP contribution in [0.5, 0.6) is 0 Å². The molecule has 0 radical (unpaired) electrons. The molecule has 0 unspecified atom stereocenters. The van der Waals surface area contributed by atoms with Crippen LogP contribution in [0.1, 0.15) is 55.8 Å². The molecule has 162 valence electrons. The van der Waals surface area contributed by atoms with Gasteiger partial charge in [0.05, 0.1) is 29.4 Å². The molecule has 30 heavy (non-hydrogen) atoms. The average Bonchev–Trinajstić information content (AvgIpc) is 2.73. The van der Waals surface area contributed by atoms with Gasteiger partial charge in [-0.25, -0.2) is 0 Å². The molecule has 4 saturated carbocycles. The third kappa shape index (κ3) is 3.47. The molecule has 7 heteroatoms. The molecule has 1 amide bonds. The van der Waals surface area contributed by atoms with Gasteiger partial charge in [0.15, 0.2) is 0 Å². The number of nitro benzene ring substituents is 1. The Labute approximate surface area is 177 Å². The first kappa shape index (κ1) is 19.8. The first-order valence-electron chi connectivity index (χ1n) is 11.4. The van der Waals surface area contributed by atoms with Gasteiger partial charge in [-0.3, -0.25) is 14.9 Å². The molecule has 1 aromatic rings. The maximum absolute atomic E-state index is 13.4. The van der Waals surface area contributed by atoms with Crippen LogP contribution in [0.3, 0.4) is 0 Å². The highest BCUT2D eigenvalue weighted by Crippen LogP contribution is 2.61. The van der Waals surface area contributed by atoms with Crippen LogP contribution in [0, 0.1) is 33.3 Å².